The second kappa shape index (κ2) is 10.7. The molecule has 11 rings (SSSR count). The van der Waals surface area contributed by atoms with Crippen molar-refractivity contribution in [1.29, 1.82) is 0 Å². The van der Waals surface area contributed by atoms with E-state index in [0.717, 1.165) is 10.8 Å². The van der Waals surface area contributed by atoms with Crippen LogP contribution in [0.2, 0.25) is 0 Å². The van der Waals surface area contributed by atoms with Crippen LogP contribution in [-0.4, -0.2) is 19.5 Å². The van der Waals surface area contributed by atoms with Crippen molar-refractivity contribution in [3.05, 3.63) is 157 Å². The molecule has 51 heavy (non-hydrogen) atoms. The zero-order valence-corrected chi connectivity index (χ0v) is 25.9. The first-order valence-electron chi connectivity index (χ1n) is 23.6. The first-order valence-corrected chi connectivity index (χ1v) is 15.6. The normalized spacial score (nSPS) is 16.3. The molecule has 0 spiro atoms. The lowest BCUT2D eigenvalue weighted by Gasteiger charge is -2.12. The van der Waals surface area contributed by atoms with Gasteiger partial charge in [-0.15, -0.1) is 0 Å². The summed E-state index contributed by atoms with van der Waals surface area (Å²) >= 11 is 0. The Bertz CT molecular complexity index is 4030. The summed E-state index contributed by atoms with van der Waals surface area (Å²) in [6.45, 7) is 0. The third-order valence-corrected chi connectivity index (χ3v) is 8.77. The molecule has 6 nitrogen and oxygen atoms in total. The number of aromatic nitrogens is 4. The van der Waals surface area contributed by atoms with Crippen LogP contribution in [0.15, 0.2) is 166 Å². The molecule has 0 atom stereocenters. The molecule has 0 saturated carbocycles. The van der Waals surface area contributed by atoms with E-state index in [9.17, 15) is 4.11 Å². The van der Waals surface area contributed by atoms with Crippen molar-refractivity contribution >= 4 is 65.7 Å². The van der Waals surface area contributed by atoms with Crippen LogP contribution in [-0.2, 0) is 0 Å². The van der Waals surface area contributed by atoms with Crippen molar-refractivity contribution in [2.24, 2.45) is 0 Å². The highest BCUT2D eigenvalue weighted by Gasteiger charge is 2.22. The second-order valence-electron chi connectivity index (χ2n) is 11.6. The van der Waals surface area contributed by atoms with Gasteiger partial charge >= 0.3 is 0 Å². The van der Waals surface area contributed by atoms with Crippen molar-refractivity contribution in [1.82, 2.24) is 19.5 Å². The van der Waals surface area contributed by atoms with E-state index in [-0.39, 0.29) is 33.5 Å². The minimum absolute atomic E-state index is 0.210. The van der Waals surface area contributed by atoms with Gasteiger partial charge in [-0.25, -0.2) is 4.98 Å². The van der Waals surface area contributed by atoms with Crippen LogP contribution >= 0.6 is 0 Å². The van der Waals surface area contributed by atoms with Gasteiger partial charge in [0.1, 0.15) is 22.3 Å². The van der Waals surface area contributed by atoms with Crippen LogP contribution in [0.4, 0.5) is 0 Å². The molecule has 0 amide bonds. The van der Waals surface area contributed by atoms with Crippen LogP contribution < -0.4 is 0 Å². The summed E-state index contributed by atoms with van der Waals surface area (Å²) in [7, 11) is 0. The number of benzene rings is 7. The average molecular weight is 671 g/mol. The van der Waals surface area contributed by atoms with E-state index in [1.54, 1.807) is 16.7 Å². The number of hydrogen-bond donors (Lipinski definition) is 0. The first kappa shape index (κ1) is 16.6. The van der Waals surface area contributed by atoms with Gasteiger partial charge in [-0.3, -0.25) is 4.57 Å². The maximum absolute atomic E-state index is 9.34. The standard InChI is InChI=1S/C45H26N4O2/c1-2-11-27(12-3-1)28-21-23-29(24-22-28)43-46-44(34-16-10-20-39-40(34)33-15-6-9-19-38(33)50-39)48-45(47-43)49-35-17-7-4-14-32(35)41-36(49)26-25-31-30-13-5-8-18-37(30)51-42(31)41/h1-26H/i1D,2D,3D,6D,9D,10D,11D,12D,15D,16D,19D,20D,21D,22D,23D,24D. The molecule has 11 aromatic rings. The lowest BCUT2D eigenvalue weighted by Crippen LogP contribution is -2.06. The van der Waals surface area contributed by atoms with Gasteiger partial charge in [-0.05, 0) is 47.5 Å². The number of hydrogen-bond acceptors (Lipinski definition) is 5. The fraction of sp³-hybridized carbons (Fsp3) is 0. The zero-order chi connectivity index (χ0) is 47.4. The molecule has 6 heteroatoms. The Morgan fingerprint density at radius 1 is 0.451 bits per heavy atom. The van der Waals surface area contributed by atoms with Gasteiger partial charge < -0.3 is 8.83 Å². The maximum atomic E-state index is 9.34. The third-order valence-electron chi connectivity index (χ3n) is 8.77. The molecule has 238 valence electrons. The molecule has 0 unspecified atom stereocenters. The minimum Gasteiger partial charge on any atom is -0.456 e. The fourth-order valence-corrected chi connectivity index (χ4v) is 6.59. The van der Waals surface area contributed by atoms with Crippen LogP contribution in [0.5, 0.6) is 0 Å². The molecule has 0 fully saturated rings. The molecule has 0 N–H and O–H groups in total. The van der Waals surface area contributed by atoms with E-state index in [4.69, 9.17) is 36.6 Å². The summed E-state index contributed by atoms with van der Waals surface area (Å²) in [5, 5.41) is 2.55. The highest BCUT2D eigenvalue weighted by molar-refractivity contribution is 6.23. The van der Waals surface area contributed by atoms with E-state index in [1.165, 1.54) is 0 Å². The lowest BCUT2D eigenvalue weighted by atomic mass is 10.0. The monoisotopic (exact) mass is 670 g/mol. The van der Waals surface area contributed by atoms with Crippen molar-refractivity contribution in [2.75, 3.05) is 0 Å². The average Bonchev–Trinajstić information content (AvgIpc) is 4.01. The molecular formula is C45H26N4O2. The number of fused-ring (bicyclic) bond motifs is 10. The van der Waals surface area contributed by atoms with Gasteiger partial charge in [0.15, 0.2) is 11.6 Å². The van der Waals surface area contributed by atoms with Crippen molar-refractivity contribution in [2.45, 2.75) is 0 Å². The predicted molar refractivity (Wildman–Crippen MR) is 205 cm³/mol. The predicted octanol–water partition coefficient (Wildman–Crippen LogP) is 11.8. The molecule has 0 saturated heterocycles. The summed E-state index contributed by atoms with van der Waals surface area (Å²) in [5.41, 5.74) is -0.578. The Morgan fingerprint density at radius 2 is 1.18 bits per heavy atom. The summed E-state index contributed by atoms with van der Waals surface area (Å²) < 4.78 is 154. The van der Waals surface area contributed by atoms with Crippen molar-refractivity contribution in [3.8, 4) is 39.9 Å². The largest absolute Gasteiger partial charge is 0.456 e. The smallest absolute Gasteiger partial charge is 0.238 e. The number of nitrogens with zero attached hydrogens (tertiary/aromatic N) is 4. The Balaban J connectivity index is 1.30. The summed E-state index contributed by atoms with van der Waals surface area (Å²) in [5.74, 6) is -1.16. The fourth-order valence-electron chi connectivity index (χ4n) is 6.59. The van der Waals surface area contributed by atoms with E-state index >= 15 is 0 Å². The van der Waals surface area contributed by atoms with E-state index in [0.29, 0.717) is 33.0 Å². The third kappa shape index (κ3) is 4.20. The van der Waals surface area contributed by atoms with Gasteiger partial charge in [0, 0.05) is 38.1 Å². The van der Waals surface area contributed by atoms with Gasteiger partial charge in [0.2, 0.25) is 5.95 Å². The quantitative estimate of drug-likeness (QED) is 0.186. The van der Waals surface area contributed by atoms with Crippen LogP contribution in [0.3, 0.4) is 0 Å². The summed E-state index contributed by atoms with van der Waals surface area (Å²) in [6, 6.07) is 7.14. The second-order valence-corrected chi connectivity index (χ2v) is 11.6. The molecule has 0 aliphatic heterocycles. The van der Waals surface area contributed by atoms with Crippen LogP contribution in [0.25, 0.3) is 106 Å². The molecule has 0 bridgehead atoms. The Labute approximate surface area is 313 Å². The molecule has 4 heterocycles. The SMILES string of the molecule is [2H]c1c([2H])c([2H])c(-c2c([2H])c([2H])c(-c3nc(-c4c([2H])c([2H])c([2H])c5oc6c([2H])c([2H])c([2H])c([2H])c6c45)nc(-n4c5ccccc5c5c6oc7ccccc7c6ccc54)n3)c([2H])c2[2H])c([2H])c1[2H]. The molecule has 0 aliphatic carbocycles. The Morgan fingerprint density at radius 3 is 2.08 bits per heavy atom. The topological polar surface area (TPSA) is 69.9 Å². The molecular weight excluding hydrogens is 629 g/mol. The Hall–Kier alpha value is -7.05. The Kier molecular flexibility index (Phi) is 3.48. The molecule has 7 aromatic carbocycles. The molecule has 4 aromatic heterocycles. The molecule has 0 aliphatic rings. The van der Waals surface area contributed by atoms with Gasteiger partial charge in [-0.1, -0.05) is 121 Å². The van der Waals surface area contributed by atoms with Crippen molar-refractivity contribution in [3.63, 3.8) is 0 Å². The highest BCUT2D eigenvalue weighted by atomic mass is 16.3. The zero-order valence-electron chi connectivity index (χ0n) is 41.9. The van der Waals surface area contributed by atoms with Crippen molar-refractivity contribution < 1.29 is 30.8 Å². The van der Waals surface area contributed by atoms with Gasteiger partial charge in [-0.2, -0.15) is 9.97 Å². The van der Waals surface area contributed by atoms with Gasteiger partial charge in [0.05, 0.1) is 38.4 Å². The first-order chi connectivity index (χ1) is 31.9. The summed E-state index contributed by atoms with van der Waals surface area (Å²) in [4.78, 5) is 14.3. The van der Waals surface area contributed by atoms with Gasteiger partial charge in [0.25, 0.3) is 0 Å². The highest BCUT2D eigenvalue weighted by Crippen LogP contribution is 2.41. The van der Waals surface area contributed by atoms with Crippen LogP contribution in [0.1, 0.15) is 21.9 Å². The van der Waals surface area contributed by atoms with Crippen LogP contribution in [0, 0.1) is 0 Å². The van der Waals surface area contributed by atoms with E-state index in [1.807, 2.05) is 48.5 Å². The minimum atomic E-state index is -0.797. The number of para-hydroxylation sites is 3. The lowest BCUT2D eigenvalue weighted by molar-refractivity contribution is 0.669. The molecule has 0 radical (unpaired) electrons. The summed E-state index contributed by atoms with van der Waals surface area (Å²) in [6.07, 6.45) is 0. The maximum Gasteiger partial charge on any atom is 0.238 e. The number of rotatable bonds is 4. The van der Waals surface area contributed by atoms with E-state index in [2.05, 4.69) is 4.98 Å². The van der Waals surface area contributed by atoms with E-state index < -0.39 is 125 Å². The number of furan rings is 2.